The highest BCUT2D eigenvalue weighted by atomic mass is 15.0. The lowest BCUT2D eigenvalue weighted by Crippen LogP contribution is -2.25. The quantitative estimate of drug-likeness (QED) is 0.156. The number of aromatic nitrogens is 5. The fraction of sp³-hybridized carbons (Fsp3) is 0.0156. The van der Waals surface area contributed by atoms with Gasteiger partial charge in [-0.3, -0.25) is 9.97 Å². The second-order valence-electron chi connectivity index (χ2n) is 18.0. The number of benzene rings is 9. The van der Waals surface area contributed by atoms with Gasteiger partial charge in [0.1, 0.15) is 0 Å². The average molecular weight is 878 g/mol. The molecule has 0 unspecified atom stereocenters. The summed E-state index contributed by atoms with van der Waals surface area (Å²) in [6.07, 6.45) is 3.72. The molecule has 2 aliphatic rings. The van der Waals surface area contributed by atoms with Crippen molar-refractivity contribution in [1.29, 1.82) is 0 Å². The fourth-order valence-corrected chi connectivity index (χ4v) is 11.2. The van der Waals surface area contributed by atoms with Crippen LogP contribution in [0.1, 0.15) is 22.3 Å². The molecule has 3 aromatic heterocycles. The van der Waals surface area contributed by atoms with Crippen LogP contribution in [0.3, 0.4) is 0 Å². The van der Waals surface area contributed by atoms with E-state index in [0.717, 1.165) is 71.9 Å². The predicted octanol–water partition coefficient (Wildman–Crippen LogP) is 15.3. The molecule has 0 amide bonds. The maximum atomic E-state index is 5.22. The Balaban J connectivity index is 0.958. The standard InChI is InChI=1S/C64H39N5/c1-3-14-43(15-4-1)61-67-62(44-16-5-2-6-17-44)69-63(68-61)48-37-46(40-25-27-41(28-26-40)49-33-35-66-60-53(49)31-29-42-18-13-34-65-59(42)60)36-47(38-48)45-30-32-58-54(39-45)52-21-9-12-24-57(52)64(58)55-22-10-7-19-50(55)51-20-8-11-23-56(51)64/h1-39H. The van der Waals surface area contributed by atoms with Gasteiger partial charge in [0, 0.05) is 39.9 Å². The maximum Gasteiger partial charge on any atom is 0.164 e. The van der Waals surface area contributed by atoms with E-state index >= 15 is 0 Å². The van der Waals surface area contributed by atoms with Gasteiger partial charge in [0.15, 0.2) is 17.5 Å². The van der Waals surface area contributed by atoms with E-state index in [1.807, 2.05) is 54.9 Å². The molecule has 1 spiro atoms. The monoisotopic (exact) mass is 877 g/mol. The van der Waals surface area contributed by atoms with E-state index in [-0.39, 0.29) is 0 Å². The van der Waals surface area contributed by atoms with Crippen LogP contribution >= 0.6 is 0 Å². The lowest BCUT2D eigenvalue weighted by atomic mass is 9.70. The molecule has 0 aliphatic heterocycles. The number of fused-ring (bicyclic) bond motifs is 13. The molecule has 0 saturated heterocycles. The molecule has 12 aromatic rings. The Morgan fingerprint density at radius 1 is 0.261 bits per heavy atom. The zero-order valence-electron chi connectivity index (χ0n) is 37.3. The summed E-state index contributed by atoms with van der Waals surface area (Å²) in [4.78, 5) is 25.0. The third-order valence-electron chi connectivity index (χ3n) is 14.2. The van der Waals surface area contributed by atoms with Crippen LogP contribution in [0.5, 0.6) is 0 Å². The summed E-state index contributed by atoms with van der Waals surface area (Å²) < 4.78 is 0. The first-order valence-electron chi connectivity index (χ1n) is 23.4. The molecule has 69 heavy (non-hydrogen) atoms. The predicted molar refractivity (Wildman–Crippen MR) is 279 cm³/mol. The van der Waals surface area contributed by atoms with Gasteiger partial charge in [0.05, 0.1) is 16.4 Å². The van der Waals surface area contributed by atoms with E-state index < -0.39 is 5.41 Å². The van der Waals surface area contributed by atoms with Crippen molar-refractivity contribution in [2.24, 2.45) is 0 Å². The molecule has 320 valence electrons. The van der Waals surface area contributed by atoms with Crippen molar-refractivity contribution in [3.63, 3.8) is 0 Å². The summed E-state index contributed by atoms with van der Waals surface area (Å²) in [5.41, 5.74) is 21.1. The SMILES string of the molecule is c1ccc(-c2nc(-c3ccccc3)nc(-c3cc(-c4ccc(-c5ccnc6c5ccc5cccnc56)cc4)cc(-c4ccc5c(c4)-c4ccccc4C54c5ccccc5-c5ccccc54)c3)n2)cc1. The number of hydrogen-bond donors (Lipinski definition) is 0. The summed E-state index contributed by atoms with van der Waals surface area (Å²) in [6, 6.07) is 80.5. The molecular weight excluding hydrogens is 839 g/mol. The highest BCUT2D eigenvalue weighted by Crippen LogP contribution is 2.63. The normalized spacial score (nSPS) is 12.8. The molecule has 14 rings (SSSR count). The smallest absolute Gasteiger partial charge is 0.164 e. The van der Waals surface area contributed by atoms with Crippen LogP contribution < -0.4 is 0 Å². The molecular formula is C64H39N5. The van der Waals surface area contributed by atoms with Crippen LogP contribution in [0.2, 0.25) is 0 Å². The van der Waals surface area contributed by atoms with Gasteiger partial charge in [-0.15, -0.1) is 0 Å². The van der Waals surface area contributed by atoms with E-state index in [0.29, 0.717) is 17.5 Å². The minimum Gasteiger partial charge on any atom is -0.254 e. The van der Waals surface area contributed by atoms with E-state index in [9.17, 15) is 0 Å². The first-order chi connectivity index (χ1) is 34.2. The van der Waals surface area contributed by atoms with Crippen LogP contribution in [0.15, 0.2) is 237 Å². The molecule has 2 aliphatic carbocycles. The summed E-state index contributed by atoms with van der Waals surface area (Å²) in [5, 5.41) is 2.15. The van der Waals surface area contributed by atoms with Crippen LogP contribution in [0, 0.1) is 0 Å². The third kappa shape index (κ3) is 6.07. The molecule has 3 heterocycles. The second kappa shape index (κ2) is 15.4. The van der Waals surface area contributed by atoms with Crippen molar-refractivity contribution >= 4 is 21.8 Å². The van der Waals surface area contributed by atoms with E-state index in [2.05, 4.69) is 182 Å². The molecule has 0 atom stereocenters. The van der Waals surface area contributed by atoms with Crippen LogP contribution in [-0.2, 0) is 5.41 Å². The summed E-state index contributed by atoms with van der Waals surface area (Å²) >= 11 is 0. The average Bonchev–Trinajstić information content (AvgIpc) is 3.90. The Hall–Kier alpha value is -9.19. The van der Waals surface area contributed by atoms with Gasteiger partial charge in [-0.05, 0) is 114 Å². The first kappa shape index (κ1) is 39.0. The number of pyridine rings is 2. The largest absolute Gasteiger partial charge is 0.254 e. The Morgan fingerprint density at radius 2 is 0.754 bits per heavy atom. The maximum absolute atomic E-state index is 5.22. The van der Waals surface area contributed by atoms with Gasteiger partial charge in [-0.1, -0.05) is 188 Å². The van der Waals surface area contributed by atoms with Gasteiger partial charge in [-0.25, -0.2) is 15.0 Å². The lowest BCUT2D eigenvalue weighted by molar-refractivity contribution is 0.794. The highest BCUT2D eigenvalue weighted by molar-refractivity contribution is 6.08. The molecule has 5 heteroatoms. The summed E-state index contributed by atoms with van der Waals surface area (Å²) in [5.74, 6) is 1.86. The van der Waals surface area contributed by atoms with E-state index in [4.69, 9.17) is 24.9 Å². The molecule has 0 saturated carbocycles. The van der Waals surface area contributed by atoms with Gasteiger partial charge in [0.25, 0.3) is 0 Å². The van der Waals surface area contributed by atoms with Crippen molar-refractivity contribution in [1.82, 2.24) is 24.9 Å². The van der Waals surface area contributed by atoms with Gasteiger partial charge in [0.2, 0.25) is 0 Å². The van der Waals surface area contributed by atoms with Crippen LogP contribution in [0.4, 0.5) is 0 Å². The Bertz CT molecular complexity index is 3910. The molecule has 0 radical (unpaired) electrons. The molecule has 5 nitrogen and oxygen atoms in total. The van der Waals surface area contributed by atoms with Crippen LogP contribution in [0.25, 0.3) is 112 Å². The van der Waals surface area contributed by atoms with Crippen molar-refractivity contribution in [3.8, 4) is 89.8 Å². The van der Waals surface area contributed by atoms with Crippen LogP contribution in [-0.4, -0.2) is 24.9 Å². The number of hydrogen-bond acceptors (Lipinski definition) is 5. The van der Waals surface area contributed by atoms with Gasteiger partial charge >= 0.3 is 0 Å². The van der Waals surface area contributed by atoms with Crippen molar-refractivity contribution in [2.45, 2.75) is 5.41 Å². The van der Waals surface area contributed by atoms with Crippen molar-refractivity contribution in [3.05, 3.63) is 259 Å². The Labute approximate surface area is 399 Å². The molecule has 0 N–H and O–H groups in total. The zero-order chi connectivity index (χ0) is 45.5. The number of nitrogens with zero attached hydrogens (tertiary/aromatic N) is 5. The lowest BCUT2D eigenvalue weighted by Gasteiger charge is -2.30. The Morgan fingerprint density at radius 3 is 1.39 bits per heavy atom. The zero-order valence-corrected chi connectivity index (χ0v) is 37.3. The Kier molecular flexibility index (Phi) is 8.73. The van der Waals surface area contributed by atoms with E-state index in [1.54, 1.807) is 0 Å². The minimum atomic E-state index is -0.414. The summed E-state index contributed by atoms with van der Waals surface area (Å²) in [7, 11) is 0. The fourth-order valence-electron chi connectivity index (χ4n) is 11.2. The first-order valence-corrected chi connectivity index (χ1v) is 23.4. The van der Waals surface area contributed by atoms with Crippen molar-refractivity contribution < 1.29 is 0 Å². The molecule has 0 fully saturated rings. The highest BCUT2D eigenvalue weighted by Gasteiger charge is 2.51. The minimum absolute atomic E-state index is 0.414. The summed E-state index contributed by atoms with van der Waals surface area (Å²) in [6.45, 7) is 0. The number of rotatable bonds is 6. The molecule has 9 aromatic carbocycles. The van der Waals surface area contributed by atoms with Crippen molar-refractivity contribution in [2.75, 3.05) is 0 Å². The van der Waals surface area contributed by atoms with Gasteiger partial charge < -0.3 is 0 Å². The molecule has 0 bridgehead atoms. The van der Waals surface area contributed by atoms with Gasteiger partial charge in [-0.2, -0.15) is 0 Å². The second-order valence-corrected chi connectivity index (χ2v) is 18.0. The van der Waals surface area contributed by atoms with E-state index in [1.165, 1.54) is 44.5 Å². The topological polar surface area (TPSA) is 64.5 Å². The third-order valence-corrected chi connectivity index (χ3v) is 14.2.